The molecule has 0 aliphatic rings. The van der Waals surface area contributed by atoms with Crippen LogP contribution in [-0.4, -0.2) is 4.57 Å². The molecule has 0 spiro atoms. The van der Waals surface area contributed by atoms with Gasteiger partial charge in [0.15, 0.2) is 5.58 Å². The number of benzene rings is 10. The standard InChI is InChI=1S/C54H34N2O/c1-3-15-40(16-4-1)55(42-28-25-37-24-23-35-13-7-9-19-43(35)46(37)34-42)51-33-39(32-48-53-44-20-10-8-14-36(44)27-30-52(53)57-54(48)51)38-26-29-50-47(31-38)45-21-11-12-22-49(45)56(50)41-17-5-2-6-18-41/h1-34H. The van der Waals surface area contributed by atoms with Crippen LogP contribution in [0.5, 0.6) is 0 Å². The predicted molar refractivity (Wildman–Crippen MR) is 241 cm³/mol. The normalized spacial score (nSPS) is 11.9. The fraction of sp³-hybridized carbons (Fsp3) is 0. The number of hydrogen-bond donors (Lipinski definition) is 0. The van der Waals surface area contributed by atoms with Crippen molar-refractivity contribution in [3.05, 3.63) is 206 Å². The van der Waals surface area contributed by atoms with Gasteiger partial charge in [0.05, 0.1) is 16.7 Å². The summed E-state index contributed by atoms with van der Waals surface area (Å²) in [7, 11) is 0. The van der Waals surface area contributed by atoms with Crippen LogP contribution in [0.3, 0.4) is 0 Å². The highest BCUT2D eigenvalue weighted by atomic mass is 16.3. The van der Waals surface area contributed by atoms with Crippen LogP contribution in [0.1, 0.15) is 0 Å². The Morgan fingerprint density at radius 2 is 0.982 bits per heavy atom. The van der Waals surface area contributed by atoms with Crippen molar-refractivity contribution in [1.29, 1.82) is 0 Å². The number of hydrogen-bond acceptors (Lipinski definition) is 2. The van der Waals surface area contributed by atoms with Crippen LogP contribution in [0.4, 0.5) is 17.1 Å². The molecule has 3 nitrogen and oxygen atoms in total. The number of fused-ring (bicyclic) bond motifs is 11. The van der Waals surface area contributed by atoms with Gasteiger partial charge in [0.2, 0.25) is 0 Å². The lowest BCUT2D eigenvalue weighted by Crippen LogP contribution is -2.10. The number of aromatic nitrogens is 1. The maximum absolute atomic E-state index is 7.00. The van der Waals surface area contributed by atoms with E-state index >= 15 is 0 Å². The minimum Gasteiger partial charge on any atom is -0.454 e. The molecule has 0 aliphatic heterocycles. The van der Waals surface area contributed by atoms with Gasteiger partial charge < -0.3 is 13.9 Å². The molecule has 0 saturated heterocycles. The molecule has 0 aliphatic carbocycles. The Kier molecular flexibility index (Phi) is 6.93. The quantitative estimate of drug-likeness (QED) is 0.165. The van der Waals surface area contributed by atoms with Crippen molar-refractivity contribution < 1.29 is 4.42 Å². The molecule has 0 bridgehead atoms. The first-order valence-corrected chi connectivity index (χ1v) is 19.5. The third-order valence-electron chi connectivity index (χ3n) is 11.7. The third kappa shape index (κ3) is 4.92. The molecule has 0 fully saturated rings. The smallest absolute Gasteiger partial charge is 0.159 e. The first-order chi connectivity index (χ1) is 28.3. The average molecular weight is 727 g/mol. The molecule has 0 saturated carbocycles. The van der Waals surface area contributed by atoms with E-state index in [1.54, 1.807) is 0 Å². The molecule has 0 atom stereocenters. The van der Waals surface area contributed by atoms with Crippen molar-refractivity contribution in [1.82, 2.24) is 4.57 Å². The van der Waals surface area contributed by atoms with Gasteiger partial charge in [-0.3, -0.25) is 0 Å². The second-order valence-electron chi connectivity index (χ2n) is 14.9. The monoisotopic (exact) mass is 726 g/mol. The first kappa shape index (κ1) is 31.7. The van der Waals surface area contributed by atoms with Crippen LogP contribution in [0.25, 0.3) is 92.9 Å². The summed E-state index contributed by atoms with van der Waals surface area (Å²) < 4.78 is 9.37. The number of rotatable bonds is 5. The molecule has 2 aromatic heterocycles. The van der Waals surface area contributed by atoms with Crippen LogP contribution >= 0.6 is 0 Å². The molecule has 12 rings (SSSR count). The van der Waals surface area contributed by atoms with Gasteiger partial charge in [0.25, 0.3) is 0 Å². The molecule has 12 aromatic rings. The van der Waals surface area contributed by atoms with Gasteiger partial charge in [-0.1, -0.05) is 133 Å². The molecular weight excluding hydrogens is 693 g/mol. The molecule has 0 unspecified atom stereocenters. The van der Waals surface area contributed by atoms with Gasteiger partial charge in [0, 0.05) is 38.6 Å². The van der Waals surface area contributed by atoms with Crippen LogP contribution < -0.4 is 4.90 Å². The molecule has 266 valence electrons. The summed E-state index contributed by atoms with van der Waals surface area (Å²) in [5.41, 5.74) is 10.6. The Labute approximate surface area is 328 Å². The van der Waals surface area contributed by atoms with Crippen molar-refractivity contribution in [2.24, 2.45) is 0 Å². The summed E-state index contributed by atoms with van der Waals surface area (Å²) in [4.78, 5) is 2.37. The summed E-state index contributed by atoms with van der Waals surface area (Å²) in [6, 6.07) is 74.5. The van der Waals surface area contributed by atoms with E-state index in [0.29, 0.717) is 0 Å². The molecule has 2 heterocycles. The Bertz CT molecular complexity index is 3520. The minimum absolute atomic E-state index is 0.855. The second-order valence-corrected chi connectivity index (χ2v) is 14.9. The zero-order valence-electron chi connectivity index (χ0n) is 30.9. The summed E-state index contributed by atoms with van der Waals surface area (Å²) in [6.45, 7) is 0. The highest BCUT2D eigenvalue weighted by Crippen LogP contribution is 2.47. The van der Waals surface area contributed by atoms with Crippen molar-refractivity contribution >= 4 is 93.1 Å². The van der Waals surface area contributed by atoms with Gasteiger partial charge in [-0.05, 0) is 116 Å². The maximum Gasteiger partial charge on any atom is 0.159 e. The van der Waals surface area contributed by atoms with E-state index in [1.807, 2.05) is 0 Å². The largest absolute Gasteiger partial charge is 0.454 e. The lowest BCUT2D eigenvalue weighted by molar-refractivity contribution is 0.669. The van der Waals surface area contributed by atoms with Gasteiger partial charge in [-0.15, -0.1) is 0 Å². The van der Waals surface area contributed by atoms with E-state index in [-0.39, 0.29) is 0 Å². The Morgan fingerprint density at radius 1 is 0.368 bits per heavy atom. The maximum atomic E-state index is 7.00. The second kappa shape index (κ2) is 12.5. The highest BCUT2D eigenvalue weighted by molar-refractivity contribution is 6.22. The van der Waals surface area contributed by atoms with Crippen molar-refractivity contribution in [2.75, 3.05) is 4.90 Å². The average Bonchev–Trinajstić information content (AvgIpc) is 3.83. The molecule has 10 aromatic carbocycles. The van der Waals surface area contributed by atoms with E-state index in [0.717, 1.165) is 55.8 Å². The molecule has 0 amide bonds. The lowest BCUT2D eigenvalue weighted by atomic mass is 9.97. The number of furan rings is 1. The molecular formula is C54H34N2O. The van der Waals surface area contributed by atoms with E-state index < -0.39 is 0 Å². The highest BCUT2D eigenvalue weighted by Gasteiger charge is 2.23. The zero-order valence-corrected chi connectivity index (χ0v) is 30.9. The van der Waals surface area contributed by atoms with E-state index in [2.05, 4.69) is 216 Å². The van der Waals surface area contributed by atoms with Gasteiger partial charge in [-0.25, -0.2) is 0 Å². The fourth-order valence-electron chi connectivity index (χ4n) is 9.10. The Hall–Kier alpha value is -7.62. The van der Waals surface area contributed by atoms with Crippen LogP contribution in [0, 0.1) is 0 Å². The third-order valence-corrected chi connectivity index (χ3v) is 11.7. The molecule has 0 radical (unpaired) electrons. The number of anilines is 3. The van der Waals surface area contributed by atoms with E-state index in [1.165, 1.54) is 54.1 Å². The van der Waals surface area contributed by atoms with Crippen molar-refractivity contribution in [3.63, 3.8) is 0 Å². The van der Waals surface area contributed by atoms with Crippen LogP contribution in [0.15, 0.2) is 211 Å². The Morgan fingerprint density at radius 3 is 1.81 bits per heavy atom. The van der Waals surface area contributed by atoms with E-state index in [9.17, 15) is 0 Å². The summed E-state index contributed by atoms with van der Waals surface area (Å²) >= 11 is 0. The zero-order chi connectivity index (χ0) is 37.5. The summed E-state index contributed by atoms with van der Waals surface area (Å²) in [5, 5.41) is 11.9. The Balaban J connectivity index is 1.17. The van der Waals surface area contributed by atoms with E-state index in [4.69, 9.17) is 4.42 Å². The predicted octanol–water partition coefficient (Wildman–Crippen LogP) is 15.3. The molecule has 3 heteroatoms. The van der Waals surface area contributed by atoms with Crippen LogP contribution in [-0.2, 0) is 0 Å². The lowest BCUT2D eigenvalue weighted by Gasteiger charge is -2.26. The van der Waals surface area contributed by atoms with Crippen LogP contribution in [0.2, 0.25) is 0 Å². The minimum atomic E-state index is 0.855. The van der Waals surface area contributed by atoms with Crippen molar-refractivity contribution in [2.45, 2.75) is 0 Å². The van der Waals surface area contributed by atoms with Gasteiger partial charge in [0.1, 0.15) is 5.58 Å². The number of para-hydroxylation sites is 3. The fourth-order valence-corrected chi connectivity index (χ4v) is 9.10. The summed E-state index contributed by atoms with van der Waals surface area (Å²) in [6.07, 6.45) is 0. The first-order valence-electron chi connectivity index (χ1n) is 19.5. The van der Waals surface area contributed by atoms with Gasteiger partial charge in [-0.2, -0.15) is 0 Å². The summed E-state index contributed by atoms with van der Waals surface area (Å²) in [5.74, 6) is 0. The molecule has 0 N–H and O–H groups in total. The van der Waals surface area contributed by atoms with Crippen molar-refractivity contribution in [3.8, 4) is 16.8 Å². The number of nitrogens with zero attached hydrogens (tertiary/aromatic N) is 2. The molecule has 57 heavy (non-hydrogen) atoms. The van der Waals surface area contributed by atoms with Gasteiger partial charge >= 0.3 is 0 Å². The SMILES string of the molecule is c1ccc(N(c2ccc3ccc4ccccc4c3c2)c2cc(-c3ccc4c(c3)c3ccccc3n4-c3ccccc3)cc3c2oc2ccc4ccccc4c23)cc1. The topological polar surface area (TPSA) is 21.3 Å².